The molecule has 1 N–H and O–H groups in total. The third-order valence-corrected chi connectivity index (χ3v) is 4.32. The second-order valence-corrected chi connectivity index (χ2v) is 6.09. The number of rotatable bonds is 6. The van der Waals surface area contributed by atoms with E-state index in [-0.39, 0.29) is 6.04 Å². The van der Waals surface area contributed by atoms with Crippen LogP contribution in [0.4, 0.5) is 0 Å². The normalized spacial score (nSPS) is 24.9. The highest BCUT2D eigenvalue weighted by molar-refractivity contribution is 8.13. The van der Waals surface area contributed by atoms with Crippen LogP contribution in [0.1, 0.15) is 13.8 Å². The van der Waals surface area contributed by atoms with Gasteiger partial charge >= 0.3 is 0 Å². The highest BCUT2D eigenvalue weighted by Crippen LogP contribution is 2.21. The van der Waals surface area contributed by atoms with E-state index in [9.17, 15) is 10.1 Å². The van der Waals surface area contributed by atoms with Gasteiger partial charge < -0.3 is 15.0 Å². The van der Waals surface area contributed by atoms with Gasteiger partial charge in [-0.2, -0.15) is 0 Å². The number of likely N-dealkylation sites (N-methyl/N-ethyl adjacent to an activating group) is 1. The highest BCUT2D eigenvalue weighted by Gasteiger charge is 2.26. The van der Waals surface area contributed by atoms with Crippen LogP contribution in [0, 0.1) is 22.0 Å². The average Bonchev–Trinajstić information content (AvgIpc) is 2.79. The zero-order valence-electron chi connectivity index (χ0n) is 12.5. The molecule has 0 radical (unpaired) electrons. The van der Waals surface area contributed by atoms with Crippen molar-refractivity contribution in [1.29, 1.82) is 0 Å². The Morgan fingerprint density at radius 1 is 1.65 bits per heavy atom. The number of hydrazone groups is 1. The summed E-state index contributed by atoms with van der Waals surface area (Å²) in [7, 11) is 2.07. The average molecular weight is 304 g/mol. The number of nitro groups is 1. The maximum absolute atomic E-state index is 10.4. The molecule has 0 spiro atoms. The Balaban J connectivity index is 2.37. The molecule has 1 aliphatic heterocycles. The van der Waals surface area contributed by atoms with Gasteiger partial charge in [0.15, 0.2) is 5.03 Å². The van der Waals surface area contributed by atoms with Crippen LogP contribution >= 0.6 is 11.8 Å². The number of hydrogen-bond donors (Lipinski definition) is 1. The first-order valence-corrected chi connectivity index (χ1v) is 7.95. The Hall–Kier alpha value is -0.860. The predicted octanol–water partition coefficient (Wildman–Crippen LogP) is 1.09. The van der Waals surface area contributed by atoms with E-state index >= 15 is 0 Å². The van der Waals surface area contributed by atoms with E-state index in [4.69, 9.17) is 4.74 Å². The third-order valence-electron chi connectivity index (χ3n) is 3.71. The molecule has 8 heteroatoms. The summed E-state index contributed by atoms with van der Waals surface area (Å²) in [5, 5.41) is 16.3. The quantitative estimate of drug-likeness (QED) is 0.342. The largest absolute Gasteiger partial charge is 0.381 e. The minimum Gasteiger partial charge on any atom is -0.381 e. The van der Waals surface area contributed by atoms with Crippen molar-refractivity contribution in [2.24, 2.45) is 16.9 Å². The maximum atomic E-state index is 10.4. The van der Waals surface area contributed by atoms with Crippen molar-refractivity contribution in [2.75, 3.05) is 39.6 Å². The minimum absolute atomic E-state index is 0.270. The van der Waals surface area contributed by atoms with E-state index in [1.54, 1.807) is 6.26 Å². The Kier molecular flexibility index (Phi) is 7.25. The fourth-order valence-corrected chi connectivity index (χ4v) is 2.48. The molecule has 1 fully saturated rings. The van der Waals surface area contributed by atoms with Gasteiger partial charge in [-0.1, -0.05) is 18.7 Å². The fraction of sp³-hybridized carbons (Fsp3) is 0.917. The van der Waals surface area contributed by atoms with Crippen molar-refractivity contribution in [1.82, 2.24) is 10.2 Å². The van der Waals surface area contributed by atoms with E-state index in [1.807, 2.05) is 0 Å². The molecule has 1 aliphatic rings. The lowest BCUT2D eigenvalue weighted by Gasteiger charge is -2.28. The lowest BCUT2D eigenvalue weighted by molar-refractivity contribution is -0.484. The molecule has 0 aromatic heterocycles. The van der Waals surface area contributed by atoms with Crippen LogP contribution in [-0.2, 0) is 4.74 Å². The molecule has 7 nitrogen and oxygen atoms in total. The molecular formula is C12H24N4O3S. The lowest BCUT2D eigenvalue weighted by atomic mass is 9.97. The van der Waals surface area contributed by atoms with E-state index < -0.39 is 5.03 Å². The standard InChI is InChI=1S/C12H24N4O3S/c1-9-7-19-8-11(9)6-15(3)10(2)5-13-12(20-4)14-16(17)18/h9-11H,5-8H2,1-4H3,(H,13,14). The lowest BCUT2D eigenvalue weighted by Crippen LogP contribution is -2.42. The highest BCUT2D eigenvalue weighted by atomic mass is 32.2. The fourth-order valence-electron chi connectivity index (χ4n) is 2.10. The Morgan fingerprint density at radius 3 is 2.85 bits per heavy atom. The first kappa shape index (κ1) is 17.2. The summed E-state index contributed by atoms with van der Waals surface area (Å²) >= 11 is 1.24. The van der Waals surface area contributed by atoms with Crippen LogP contribution in [0.15, 0.2) is 5.10 Å². The molecule has 0 amide bonds. The van der Waals surface area contributed by atoms with Crippen molar-refractivity contribution in [3.8, 4) is 0 Å². The van der Waals surface area contributed by atoms with Crippen LogP contribution in [0.3, 0.4) is 0 Å². The number of ether oxygens (including phenoxy) is 1. The number of nitrogens with one attached hydrogen (secondary N) is 1. The summed E-state index contributed by atoms with van der Waals surface area (Å²) in [5.41, 5.74) is 0. The van der Waals surface area contributed by atoms with Gasteiger partial charge in [0, 0.05) is 25.7 Å². The Morgan fingerprint density at radius 2 is 2.35 bits per heavy atom. The van der Waals surface area contributed by atoms with Gasteiger partial charge in [-0.25, -0.2) is 10.1 Å². The van der Waals surface area contributed by atoms with Crippen LogP contribution in [0.2, 0.25) is 0 Å². The van der Waals surface area contributed by atoms with Crippen molar-refractivity contribution in [2.45, 2.75) is 19.9 Å². The zero-order chi connectivity index (χ0) is 15.1. The summed E-state index contributed by atoms with van der Waals surface area (Å²) in [6.07, 6.45) is 1.77. The molecule has 0 aromatic carbocycles. The predicted molar refractivity (Wildman–Crippen MR) is 81.5 cm³/mol. The molecular weight excluding hydrogens is 280 g/mol. The maximum Gasteiger partial charge on any atom is 0.234 e. The second-order valence-electron chi connectivity index (χ2n) is 5.29. The molecule has 116 valence electrons. The first-order valence-electron chi connectivity index (χ1n) is 6.72. The molecule has 3 unspecified atom stereocenters. The van der Waals surface area contributed by atoms with Gasteiger partial charge in [0.25, 0.3) is 0 Å². The van der Waals surface area contributed by atoms with Gasteiger partial charge in [-0.15, -0.1) is 0 Å². The van der Waals surface area contributed by atoms with Gasteiger partial charge in [-0.05, 0) is 32.1 Å². The molecule has 1 heterocycles. The molecule has 0 aromatic rings. The minimum atomic E-state index is -0.676. The molecule has 20 heavy (non-hydrogen) atoms. The Labute approximate surface area is 124 Å². The van der Waals surface area contributed by atoms with Gasteiger partial charge in [0.2, 0.25) is 5.17 Å². The van der Waals surface area contributed by atoms with Gasteiger partial charge in [-0.3, -0.25) is 0 Å². The molecule has 3 atom stereocenters. The summed E-state index contributed by atoms with van der Waals surface area (Å²) in [4.78, 5) is 12.6. The Bertz CT molecular complexity index is 354. The SMILES string of the molecule is CSC(=N[N+](=O)[O-])NCC(C)N(C)CC1COCC1C. The monoisotopic (exact) mass is 304 g/mol. The topological polar surface area (TPSA) is 80.0 Å². The summed E-state index contributed by atoms with van der Waals surface area (Å²) in [6, 6.07) is 0.270. The van der Waals surface area contributed by atoms with Crippen LogP contribution in [0.25, 0.3) is 0 Å². The molecule has 0 bridgehead atoms. The van der Waals surface area contributed by atoms with Gasteiger partial charge in [0.05, 0.1) is 11.7 Å². The summed E-state index contributed by atoms with van der Waals surface area (Å²) in [6.45, 7) is 7.58. The van der Waals surface area contributed by atoms with Crippen molar-refractivity contribution >= 4 is 16.9 Å². The first-order chi connectivity index (χ1) is 9.43. The second kappa shape index (κ2) is 8.43. The van der Waals surface area contributed by atoms with E-state index in [0.29, 0.717) is 23.5 Å². The molecule has 1 saturated heterocycles. The van der Waals surface area contributed by atoms with Crippen LogP contribution in [0.5, 0.6) is 0 Å². The summed E-state index contributed by atoms with van der Waals surface area (Å²) < 4.78 is 5.47. The molecule has 0 saturated carbocycles. The van der Waals surface area contributed by atoms with E-state index in [2.05, 4.69) is 36.2 Å². The number of hydrogen-bond acceptors (Lipinski definition) is 5. The number of thioether (sulfide) groups is 1. The molecule has 0 aliphatic carbocycles. The number of nitrogens with zero attached hydrogens (tertiary/aromatic N) is 3. The summed E-state index contributed by atoms with van der Waals surface area (Å²) in [5.74, 6) is 1.16. The van der Waals surface area contributed by atoms with E-state index in [1.165, 1.54) is 11.8 Å². The van der Waals surface area contributed by atoms with Crippen molar-refractivity contribution < 1.29 is 9.77 Å². The number of amidine groups is 1. The smallest absolute Gasteiger partial charge is 0.234 e. The van der Waals surface area contributed by atoms with Crippen molar-refractivity contribution in [3.05, 3.63) is 10.1 Å². The third kappa shape index (κ3) is 5.64. The van der Waals surface area contributed by atoms with E-state index in [0.717, 1.165) is 19.8 Å². The van der Waals surface area contributed by atoms with Crippen LogP contribution < -0.4 is 5.32 Å². The van der Waals surface area contributed by atoms with Gasteiger partial charge in [0.1, 0.15) is 0 Å². The zero-order valence-corrected chi connectivity index (χ0v) is 13.4. The van der Waals surface area contributed by atoms with Crippen molar-refractivity contribution in [3.63, 3.8) is 0 Å². The van der Waals surface area contributed by atoms with Crippen LogP contribution in [-0.4, -0.2) is 60.7 Å². The molecule has 1 rings (SSSR count).